The number of thioether (sulfide) groups is 1. The third kappa shape index (κ3) is 5.88. The molecule has 182 valence electrons. The lowest BCUT2D eigenvalue weighted by Crippen LogP contribution is -2.33. The number of amides is 1. The van der Waals surface area contributed by atoms with Crippen molar-refractivity contribution in [2.75, 3.05) is 6.54 Å². The molecule has 35 heavy (non-hydrogen) atoms. The Kier molecular flexibility index (Phi) is 8.46. The van der Waals surface area contributed by atoms with Crippen molar-refractivity contribution in [2.45, 2.75) is 56.4 Å². The normalized spacial score (nSPS) is 16.0. The van der Waals surface area contributed by atoms with Gasteiger partial charge in [0.25, 0.3) is 11.5 Å². The smallest absolute Gasteiger partial charge is 0.266 e. The number of fused-ring (bicyclic) bond motifs is 1. The molecule has 0 N–H and O–H groups in total. The molecule has 4 rings (SSSR count). The molecule has 5 nitrogen and oxygen atoms in total. The first-order valence-corrected chi connectivity index (χ1v) is 14.0. The summed E-state index contributed by atoms with van der Waals surface area (Å²) in [5.41, 5.74) is 1.74. The number of carbonyl (C=O) groups excluding carboxylic acids is 1. The van der Waals surface area contributed by atoms with Gasteiger partial charge in [-0.3, -0.25) is 18.9 Å². The number of pyridine rings is 1. The van der Waals surface area contributed by atoms with Gasteiger partial charge in [-0.15, -0.1) is 0 Å². The maximum Gasteiger partial charge on any atom is 0.266 e. The van der Waals surface area contributed by atoms with Crippen LogP contribution in [-0.4, -0.2) is 31.1 Å². The van der Waals surface area contributed by atoms with Crippen molar-refractivity contribution in [1.82, 2.24) is 14.3 Å². The molecule has 1 fully saturated rings. The predicted molar refractivity (Wildman–Crippen MR) is 150 cm³/mol. The van der Waals surface area contributed by atoms with Crippen LogP contribution in [0.4, 0.5) is 0 Å². The van der Waals surface area contributed by atoms with Gasteiger partial charge < -0.3 is 0 Å². The minimum Gasteiger partial charge on any atom is -0.293 e. The van der Waals surface area contributed by atoms with E-state index in [9.17, 15) is 9.59 Å². The summed E-state index contributed by atoms with van der Waals surface area (Å²) in [6.07, 6.45) is 7.82. The van der Waals surface area contributed by atoms with Crippen molar-refractivity contribution in [3.05, 3.63) is 75.0 Å². The topological polar surface area (TPSA) is 54.7 Å². The van der Waals surface area contributed by atoms with Gasteiger partial charge in [0.15, 0.2) is 0 Å². The fraction of sp³-hybridized carbons (Fsp3) is 0.333. The Bertz CT molecular complexity index is 1330. The number of carbonyl (C=O) groups is 1. The van der Waals surface area contributed by atoms with E-state index in [-0.39, 0.29) is 11.5 Å². The number of hydrogen-bond donors (Lipinski definition) is 0. The lowest BCUT2D eigenvalue weighted by Gasteiger charge is -2.21. The van der Waals surface area contributed by atoms with E-state index < -0.39 is 0 Å². The molecule has 1 amide bonds. The average molecular weight is 524 g/mol. The number of aromatic nitrogens is 2. The minimum atomic E-state index is -0.197. The molecule has 1 atom stereocenters. The number of unbranched alkanes of at least 4 members (excludes halogenated alkanes) is 1. The van der Waals surface area contributed by atoms with E-state index in [1.54, 1.807) is 21.6 Å². The molecule has 1 aliphatic heterocycles. The summed E-state index contributed by atoms with van der Waals surface area (Å²) in [5.74, 6) is 0.288. The fourth-order valence-corrected chi connectivity index (χ4v) is 6.17. The van der Waals surface area contributed by atoms with Crippen LogP contribution in [0.15, 0.2) is 68.3 Å². The molecule has 8 heteroatoms. The Morgan fingerprint density at radius 1 is 1.14 bits per heavy atom. The van der Waals surface area contributed by atoms with Crippen LogP contribution >= 0.6 is 35.7 Å². The molecule has 1 unspecified atom stereocenters. The van der Waals surface area contributed by atoms with Gasteiger partial charge in [-0.25, -0.2) is 4.98 Å². The molecule has 0 aliphatic carbocycles. The van der Waals surface area contributed by atoms with Crippen molar-refractivity contribution < 1.29 is 4.79 Å². The van der Waals surface area contributed by atoms with Gasteiger partial charge in [-0.05, 0) is 49.1 Å². The molecule has 0 saturated carbocycles. The highest BCUT2D eigenvalue weighted by atomic mass is 32.2. The fourth-order valence-electron chi connectivity index (χ4n) is 4.00. The molecule has 0 radical (unpaired) electrons. The summed E-state index contributed by atoms with van der Waals surface area (Å²) in [5, 5.41) is 0.574. The van der Waals surface area contributed by atoms with Crippen LogP contribution in [0.25, 0.3) is 11.7 Å². The first-order chi connectivity index (χ1) is 16.9. The molecule has 0 bridgehead atoms. The first kappa shape index (κ1) is 25.7. The molecule has 3 aromatic rings. The van der Waals surface area contributed by atoms with E-state index in [1.165, 1.54) is 23.5 Å². The van der Waals surface area contributed by atoms with Crippen LogP contribution in [0.2, 0.25) is 0 Å². The number of nitrogens with zero attached hydrogens (tertiary/aromatic N) is 3. The van der Waals surface area contributed by atoms with Crippen molar-refractivity contribution >= 4 is 57.7 Å². The van der Waals surface area contributed by atoms with Gasteiger partial charge in [-0.1, -0.05) is 93.1 Å². The van der Waals surface area contributed by atoms with Crippen LogP contribution in [0.3, 0.4) is 0 Å². The Hall–Kier alpha value is -2.42. The van der Waals surface area contributed by atoms with E-state index in [2.05, 4.69) is 13.8 Å². The van der Waals surface area contributed by atoms with E-state index in [0.29, 0.717) is 37.9 Å². The zero-order valence-electron chi connectivity index (χ0n) is 20.2. The molecular formula is C27H29N3O2S3. The molecule has 0 spiro atoms. The summed E-state index contributed by atoms with van der Waals surface area (Å²) >= 11 is 8.27. The van der Waals surface area contributed by atoms with Gasteiger partial charge in [0.2, 0.25) is 0 Å². The Balaban J connectivity index is 1.74. The Labute approximate surface area is 220 Å². The number of thiocarbonyl (C=S) groups is 1. The largest absolute Gasteiger partial charge is 0.293 e. The Morgan fingerprint density at radius 3 is 2.63 bits per heavy atom. The quantitative estimate of drug-likeness (QED) is 0.180. The van der Waals surface area contributed by atoms with Crippen LogP contribution < -0.4 is 5.56 Å². The molecule has 1 aromatic carbocycles. The average Bonchev–Trinajstić information content (AvgIpc) is 3.12. The zero-order chi connectivity index (χ0) is 24.9. The standard InChI is InChI=1S/C27H29N3O2S3/c1-4-6-10-19(5-2)17-30-26(32)22(35-27(30)33)15-21-24(34-20-11-8-7-9-12-20)28-23-14-13-18(3)16-29(23)25(21)31/h7-9,11-16,19H,4-6,10,17H2,1-3H3. The number of rotatable bonds is 9. The van der Waals surface area contributed by atoms with Crippen LogP contribution in [0.1, 0.15) is 50.7 Å². The summed E-state index contributed by atoms with van der Waals surface area (Å²) in [7, 11) is 0. The summed E-state index contributed by atoms with van der Waals surface area (Å²) < 4.78 is 2.10. The van der Waals surface area contributed by atoms with E-state index in [0.717, 1.165) is 36.1 Å². The highest BCUT2D eigenvalue weighted by molar-refractivity contribution is 8.26. The van der Waals surface area contributed by atoms with Crippen LogP contribution in [0, 0.1) is 12.8 Å². The minimum absolute atomic E-state index is 0.126. The van der Waals surface area contributed by atoms with Crippen LogP contribution in [0.5, 0.6) is 0 Å². The lowest BCUT2D eigenvalue weighted by molar-refractivity contribution is -0.122. The first-order valence-electron chi connectivity index (χ1n) is 11.9. The monoisotopic (exact) mass is 523 g/mol. The maximum atomic E-state index is 13.6. The number of benzene rings is 1. The summed E-state index contributed by atoms with van der Waals surface area (Å²) in [4.78, 5) is 34.9. The second kappa shape index (κ2) is 11.5. The molecule has 3 heterocycles. The third-order valence-electron chi connectivity index (χ3n) is 6.06. The van der Waals surface area contributed by atoms with Gasteiger partial charge in [0.1, 0.15) is 15.0 Å². The van der Waals surface area contributed by atoms with Crippen molar-refractivity contribution in [1.29, 1.82) is 0 Å². The maximum absolute atomic E-state index is 13.6. The van der Waals surface area contributed by atoms with Crippen LogP contribution in [-0.2, 0) is 4.79 Å². The SMILES string of the molecule is CCCCC(CC)CN1C(=O)C(=Cc2c(Sc3ccccc3)nc3ccc(C)cn3c2=O)SC1=S. The Morgan fingerprint density at radius 2 is 1.91 bits per heavy atom. The second-order valence-electron chi connectivity index (χ2n) is 8.69. The number of hydrogen-bond acceptors (Lipinski definition) is 6. The van der Waals surface area contributed by atoms with E-state index in [4.69, 9.17) is 17.2 Å². The summed E-state index contributed by atoms with van der Waals surface area (Å²) in [6.45, 7) is 6.90. The van der Waals surface area contributed by atoms with E-state index in [1.807, 2.05) is 49.4 Å². The van der Waals surface area contributed by atoms with E-state index >= 15 is 0 Å². The molecular weight excluding hydrogens is 495 g/mol. The van der Waals surface area contributed by atoms with Gasteiger partial charge in [0, 0.05) is 17.6 Å². The highest BCUT2D eigenvalue weighted by Crippen LogP contribution is 2.36. The third-order valence-corrected chi connectivity index (χ3v) is 8.45. The van der Waals surface area contributed by atoms with Gasteiger partial charge >= 0.3 is 0 Å². The predicted octanol–water partition coefficient (Wildman–Crippen LogP) is 6.57. The summed E-state index contributed by atoms with van der Waals surface area (Å²) in [6, 6.07) is 13.6. The van der Waals surface area contributed by atoms with Crippen molar-refractivity contribution in [3.63, 3.8) is 0 Å². The number of aryl methyl sites for hydroxylation is 1. The highest BCUT2D eigenvalue weighted by Gasteiger charge is 2.33. The molecule has 2 aromatic heterocycles. The second-order valence-corrected chi connectivity index (χ2v) is 11.4. The van der Waals surface area contributed by atoms with Crippen molar-refractivity contribution in [2.24, 2.45) is 5.92 Å². The van der Waals surface area contributed by atoms with Gasteiger partial charge in [-0.2, -0.15) is 0 Å². The zero-order valence-corrected chi connectivity index (χ0v) is 22.6. The molecule has 1 aliphatic rings. The lowest BCUT2D eigenvalue weighted by atomic mass is 9.99. The van der Waals surface area contributed by atoms with Gasteiger partial charge in [0.05, 0.1) is 10.5 Å². The molecule has 1 saturated heterocycles. The van der Waals surface area contributed by atoms with Crippen molar-refractivity contribution in [3.8, 4) is 0 Å².